The van der Waals surface area contributed by atoms with E-state index in [9.17, 15) is 22.8 Å². The highest BCUT2D eigenvalue weighted by Crippen LogP contribution is 2.36. The number of carbonyl (C=O) groups is 2. The fraction of sp³-hybridized carbons (Fsp3) is 0.250. The van der Waals surface area contributed by atoms with E-state index in [-0.39, 0.29) is 17.1 Å². The number of hydrogen-bond acceptors (Lipinski definition) is 3. The highest BCUT2D eigenvalue weighted by Gasteiger charge is 2.40. The Labute approximate surface area is 145 Å². The largest absolute Gasteiger partial charge is 0.465 e. The number of amides is 1. The average molecular weight is 376 g/mol. The predicted molar refractivity (Wildman–Crippen MR) is 84.9 cm³/mol. The first kappa shape index (κ1) is 19.0. The number of ketones is 1. The number of benzene rings is 1. The number of ether oxygens (including phenoxy) is 1. The number of carboxylic acid groups (broad SMARTS) is 1. The lowest BCUT2D eigenvalue weighted by Gasteiger charge is -2.30. The number of methoxy groups -OCH3 is 1. The van der Waals surface area contributed by atoms with Crippen molar-refractivity contribution in [3.63, 3.8) is 0 Å². The SMILES string of the molecule is COC1(C(=O)c2cc(C(F)(F)F)ccc2NC(=O)O)C=C(Cl)C=CC1. The maximum absolute atomic E-state index is 13.0. The van der Waals surface area contributed by atoms with Gasteiger partial charge in [0.2, 0.25) is 5.78 Å². The molecular weight excluding hydrogens is 363 g/mol. The van der Waals surface area contributed by atoms with Gasteiger partial charge >= 0.3 is 12.3 Å². The molecule has 25 heavy (non-hydrogen) atoms. The second-order valence-electron chi connectivity index (χ2n) is 5.25. The quantitative estimate of drug-likeness (QED) is 0.762. The normalized spacial score (nSPS) is 20.1. The van der Waals surface area contributed by atoms with Gasteiger partial charge in [-0.25, -0.2) is 4.79 Å². The molecule has 1 aliphatic rings. The predicted octanol–water partition coefficient (Wildman–Crippen LogP) is 4.45. The summed E-state index contributed by atoms with van der Waals surface area (Å²) in [7, 11) is 1.22. The van der Waals surface area contributed by atoms with Crippen molar-refractivity contribution in [1.82, 2.24) is 0 Å². The molecule has 0 saturated carbocycles. The van der Waals surface area contributed by atoms with Crippen molar-refractivity contribution < 1.29 is 32.6 Å². The standard InChI is InChI=1S/C16H13ClF3NO4/c1-25-15(6-2-3-10(17)8-15)13(22)11-7-9(16(18,19)20)4-5-12(11)21-14(23)24/h2-5,7-8,21H,6H2,1H3,(H,23,24). The van der Waals surface area contributed by atoms with Gasteiger partial charge < -0.3 is 9.84 Å². The minimum atomic E-state index is -4.70. The second kappa shape index (κ2) is 6.89. The van der Waals surface area contributed by atoms with Crippen molar-refractivity contribution in [2.45, 2.75) is 18.2 Å². The van der Waals surface area contributed by atoms with Gasteiger partial charge in [-0.2, -0.15) is 13.2 Å². The van der Waals surface area contributed by atoms with Crippen LogP contribution in [0, 0.1) is 0 Å². The monoisotopic (exact) mass is 375 g/mol. The fourth-order valence-corrected chi connectivity index (χ4v) is 2.70. The molecule has 9 heteroatoms. The fourth-order valence-electron chi connectivity index (χ4n) is 2.43. The van der Waals surface area contributed by atoms with Gasteiger partial charge in [0.25, 0.3) is 0 Å². The smallest absolute Gasteiger partial charge is 0.416 e. The summed E-state index contributed by atoms with van der Waals surface area (Å²) < 4.78 is 44.2. The van der Waals surface area contributed by atoms with Crippen LogP contribution in [-0.2, 0) is 10.9 Å². The minimum Gasteiger partial charge on any atom is -0.465 e. The van der Waals surface area contributed by atoms with Crippen molar-refractivity contribution >= 4 is 29.2 Å². The molecule has 1 unspecified atom stereocenters. The van der Waals surface area contributed by atoms with E-state index in [2.05, 4.69) is 0 Å². The lowest BCUT2D eigenvalue weighted by atomic mass is 9.85. The van der Waals surface area contributed by atoms with Gasteiger partial charge in [0.15, 0.2) is 5.60 Å². The topological polar surface area (TPSA) is 75.6 Å². The summed E-state index contributed by atoms with van der Waals surface area (Å²) >= 11 is 5.89. The molecule has 0 aliphatic heterocycles. The van der Waals surface area contributed by atoms with E-state index in [0.29, 0.717) is 12.1 Å². The van der Waals surface area contributed by atoms with E-state index in [4.69, 9.17) is 21.4 Å². The number of alkyl halides is 3. The average Bonchev–Trinajstić information content (AvgIpc) is 2.52. The molecule has 0 bridgehead atoms. The summed E-state index contributed by atoms with van der Waals surface area (Å²) in [4.78, 5) is 23.8. The van der Waals surface area contributed by atoms with Gasteiger partial charge in [0.05, 0.1) is 11.3 Å². The summed E-state index contributed by atoms with van der Waals surface area (Å²) in [5.74, 6) is -0.840. The van der Waals surface area contributed by atoms with Crippen LogP contribution in [0.15, 0.2) is 41.5 Å². The molecule has 0 saturated heterocycles. The van der Waals surface area contributed by atoms with E-state index < -0.39 is 34.8 Å². The summed E-state index contributed by atoms with van der Waals surface area (Å²) in [5.41, 5.74) is -3.44. The zero-order valence-electron chi connectivity index (χ0n) is 12.9. The van der Waals surface area contributed by atoms with Gasteiger partial charge in [0.1, 0.15) is 0 Å². The Hall–Kier alpha value is -2.32. The molecule has 0 fully saturated rings. The Balaban J connectivity index is 2.59. The van der Waals surface area contributed by atoms with Gasteiger partial charge in [0, 0.05) is 24.1 Å². The van der Waals surface area contributed by atoms with Crippen LogP contribution in [0.25, 0.3) is 0 Å². The lowest BCUT2D eigenvalue weighted by Crippen LogP contribution is -2.40. The Morgan fingerprint density at radius 2 is 2.04 bits per heavy atom. The van der Waals surface area contributed by atoms with E-state index in [0.717, 1.165) is 6.07 Å². The number of hydrogen-bond donors (Lipinski definition) is 2. The summed E-state index contributed by atoms with van der Waals surface area (Å²) in [6, 6.07) is 2.16. The van der Waals surface area contributed by atoms with Crippen molar-refractivity contribution in [2.75, 3.05) is 12.4 Å². The number of anilines is 1. The molecular formula is C16H13ClF3NO4. The Kier molecular flexibility index (Phi) is 5.24. The number of rotatable bonds is 4. The number of carbonyl (C=O) groups excluding carboxylic acids is 1. The summed E-state index contributed by atoms with van der Waals surface area (Å²) in [6.45, 7) is 0. The van der Waals surface area contributed by atoms with Gasteiger partial charge in [-0.15, -0.1) is 0 Å². The van der Waals surface area contributed by atoms with Crippen LogP contribution < -0.4 is 5.32 Å². The number of allylic oxidation sites excluding steroid dienone is 2. The molecule has 0 aromatic heterocycles. The minimum absolute atomic E-state index is 0.0430. The summed E-state index contributed by atoms with van der Waals surface area (Å²) in [6.07, 6.45) is -1.83. The first-order valence-corrected chi connectivity index (χ1v) is 7.33. The third-order valence-corrected chi connectivity index (χ3v) is 3.89. The molecule has 0 heterocycles. The zero-order valence-corrected chi connectivity index (χ0v) is 13.6. The molecule has 134 valence electrons. The molecule has 1 atom stereocenters. The highest BCUT2D eigenvalue weighted by molar-refractivity contribution is 6.31. The first-order chi connectivity index (χ1) is 11.6. The van der Waals surface area contributed by atoms with Crippen molar-refractivity contribution in [3.8, 4) is 0 Å². The second-order valence-corrected chi connectivity index (χ2v) is 5.68. The molecule has 1 aliphatic carbocycles. The van der Waals surface area contributed by atoms with Crippen molar-refractivity contribution in [2.24, 2.45) is 0 Å². The molecule has 5 nitrogen and oxygen atoms in total. The number of nitrogens with one attached hydrogen (secondary N) is 1. The molecule has 1 aromatic carbocycles. The van der Waals surface area contributed by atoms with Crippen LogP contribution in [0.4, 0.5) is 23.7 Å². The Morgan fingerprint density at radius 3 is 2.56 bits per heavy atom. The maximum atomic E-state index is 13.0. The van der Waals surface area contributed by atoms with Gasteiger partial charge in [-0.1, -0.05) is 17.7 Å². The molecule has 0 radical (unpaired) electrons. The molecule has 1 amide bonds. The van der Waals surface area contributed by atoms with E-state index in [1.807, 2.05) is 5.32 Å². The van der Waals surface area contributed by atoms with Gasteiger partial charge in [-0.05, 0) is 30.4 Å². The van der Waals surface area contributed by atoms with Gasteiger partial charge in [-0.3, -0.25) is 10.1 Å². The third kappa shape index (κ3) is 4.02. The highest BCUT2D eigenvalue weighted by atomic mass is 35.5. The zero-order chi connectivity index (χ0) is 18.8. The molecule has 2 N–H and O–H groups in total. The van der Waals surface area contributed by atoms with Crippen molar-refractivity contribution in [1.29, 1.82) is 0 Å². The molecule has 2 rings (SSSR count). The number of Topliss-reactive ketones (excluding diaryl/α,β-unsaturated/α-hetero) is 1. The van der Waals surface area contributed by atoms with E-state index >= 15 is 0 Å². The van der Waals surface area contributed by atoms with Crippen LogP contribution in [0.5, 0.6) is 0 Å². The van der Waals surface area contributed by atoms with Crippen LogP contribution in [-0.4, -0.2) is 29.7 Å². The van der Waals surface area contributed by atoms with Crippen LogP contribution in [0.1, 0.15) is 22.3 Å². The summed E-state index contributed by atoms with van der Waals surface area (Å²) in [5, 5.41) is 11.0. The van der Waals surface area contributed by atoms with Crippen LogP contribution in [0.3, 0.4) is 0 Å². The van der Waals surface area contributed by atoms with E-state index in [1.54, 1.807) is 6.08 Å². The first-order valence-electron chi connectivity index (χ1n) is 6.95. The lowest BCUT2D eigenvalue weighted by molar-refractivity contribution is -0.137. The van der Waals surface area contributed by atoms with E-state index in [1.165, 1.54) is 19.3 Å². The number of halogens is 4. The Morgan fingerprint density at radius 1 is 1.36 bits per heavy atom. The Bertz CT molecular complexity index is 773. The molecule has 0 spiro atoms. The van der Waals surface area contributed by atoms with Crippen LogP contribution >= 0.6 is 11.6 Å². The third-order valence-electron chi connectivity index (χ3n) is 3.65. The molecule has 1 aromatic rings. The maximum Gasteiger partial charge on any atom is 0.416 e. The van der Waals surface area contributed by atoms with Crippen LogP contribution in [0.2, 0.25) is 0 Å². The van der Waals surface area contributed by atoms with Crippen molar-refractivity contribution in [3.05, 3.63) is 52.6 Å².